The molecule has 0 unspecified atom stereocenters. The van der Waals surface area contributed by atoms with Gasteiger partial charge in [0.2, 0.25) is 0 Å². The number of hydrogen-bond acceptors (Lipinski definition) is 1. The van der Waals surface area contributed by atoms with Crippen LogP contribution in [0.25, 0.3) is 0 Å². The Kier molecular flexibility index (Phi) is 3.94. The van der Waals surface area contributed by atoms with Gasteiger partial charge in [0.25, 0.3) is 0 Å². The molecule has 98 valence electrons. The number of rotatable bonds is 3. The maximum atomic E-state index is 3.59. The molecule has 0 bridgehead atoms. The fourth-order valence-electron chi connectivity index (χ4n) is 2.58. The van der Waals surface area contributed by atoms with Gasteiger partial charge in [-0.05, 0) is 54.7 Å². The normalized spacial score (nSPS) is 21.8. The van der Waals surface area contributed by atoms with Gasteiger partial charge in [-0.25, -0.2) is 0 Å². The van der Waals surface area contributed by atoms with Gasteiger partial charge in [-0.3, -0.25) is 0 Å². The standard InChI is InChI=1S/C16H15Br2N/c17-13-4-1-3-11(7-13)12-8-16(9-12)19-15-6-2-5-14(18)10-15/h1-7,10,12,16,19H,8-9H2. The molecule has 0 spiro atoms. The lowest BCUT2D eigenvalue weighted by Crippen LogP contribution is -2.33. The molecule has 0 aliphatic heterocycles. The number of anilines is 1. The van der Waals surface area contributed by atoms with Crippen LogP contribution in [0.3, 0.4) is 0 Å². The van der Waals surface area contributed by atoms with Crippen LogP contribution in [0.2, 0.25) is 0 Å². The van der Waals surface area contributed by atoms with E-state index in [1.54, 1.807) is 0 Å². The lowest BCUT2D eigenvalue weighted by molar-refractivity contribution is 0.374. The molecule has 1 saturated carbocycles. The van der Waals surface area contributed by atoms with E-state index in [9.17, 15) is 0 Å². The Morgan fingerprint density at radius 1 is 0.895 bits per heavy atom. The average molecular weight is 381 g/mol. The van der Waals surface area contributed by atoms with E-state index in [2.05, 4.69) is 85.7 Å². The summed E-state index contributed by atoms with van der Waals surface area (Å²) in [4.78, 5) is 0. The summed E-state index contributed by atoms with van der Waals surface area (Å²) in [6.07, 6.45) is 2.42. The first-order valence-electron chi connectivity index (χ1n) is 6.48. The second-order valence-corrected chi connectivity index (χ2v) is 6.91. The molecule has 0 saturated heterocycles. The molecule has 2 aromatic rings. The van der Waals surface area contributed by atoms with Crippen LogP contribution >= 0.6 is 31.9 Å². The molecule has 1 nitrogen and oxygen atoms in total. The molecule has 1 fully saturated rings. The van der Waals surface area contributed by atoms with Crippen LogP contribution in [0.5, 0.6) is 0 Å². The SMILES string of the molecule is Brc1cccc(NC2CC(c3cccc(Br)c3)C2)c1. The van der Waals surface area contributed by atoms with Gasteiger partial charge in [0.1, 0.15) is 0 Å². The second kappa shape index (κ2) is 5.68. The van der Waals surface area contributed by atoms with Gasteiger partial charge in [0, 0.05) is 20.7 Å². The summed E-state index contributed by atoms with van der Waals surface area (Å²) >= 11 is 7.04. The number of benzene rings is 2. The zero-order valence-electron chi connectivity index (χ0n) is 10.4. The van der Waals surface area contributed by atoms with Crippen molar-refractivity contribution in [2.45, 2.75) is 24.8 Å². The highest BCUT2D eigenvalue weighted by Crippen LogP contribution is 2.39. The minimum atomic E-state index is 0.596. The lowest BCUT2D eigenvalue weighted by atomic mass is 9.76. The molecule has 0 radical (unpaired) electrons. The quantitative estimate of drug-likeness (QED) is 0.733. The molecule has 2 aromatic carbocycles. The van der Waals surface area contributed by atoms with Crippen LogP contribution in [0, 0.1) is 0 Å². The molecule has 19 heavy (non-hydrogen) atoms. The number of halogens is 2. The summed E-state index contributed by atoms with van der Waals surface area (Å²) < 4.78 is 2.30. The summed E-state index contributed by atoms with van der Waals surface area (Å²) in [5.74, 6) is 0.696. The van der Waals surface area contributed by atoms with E-state index in [1.807, 2.05) is 0 Å². The predicted octanol–water partition coefficient (Wildman–Crippen LogP) is 5.57. The van der Waals surface area contributed by atoms with Gasteiger partial charge >= 0.3 is 0 Å². The largest absolute Gasteiger partial charge is 0.382 e. The Morgan fingerprint density at radius 2 is 1.58 bits per heavy atom. The van der Waals surface area contributed by atoms with Crippen LogP contribution in [-0.2, 0) is 0 Å². The van der Waals surface area contributed by atoms with Crippen LogP contribution in [-0.4, -0.2) is 6.04 Å². The topological polar surface area (TPSA) is 12.0 Å². The van der Waals surface area contributed by atoms with Crippen LogP contribution < -0.4 is 5.32 Å². The van der Waals surface area contributed by atoms with Crippen molar-refractivity contribution in [3.05, 3.63) is 63.0 Å². The number of nitrogens with one attached hydrogen (secondary N) is 1. The third-order valence-corrected chi connectivity index (χ3v) is 4.64. The highest BCUT2D eigenvalue weighted by molar-refractivity contribution is 9.10. The molecule has 0 heterocycles. The predicted molar refractivity (Wildman–Crippen MR) is 87.7 cm³/mol. The van der Waals surface area contributed by atoms with E-state index >= 15 is 0 Å². The molecule has 0 atom stereocenters. The first-order valence-corrected chi connectivity index (χ1v) is 8.07. The minimum absolute atomic E-state index is 0.596. The molecule has 0 aromatic heterocycles. The highest BCUT2D eigenvalue weighted by atomic mass is 79.9. The minimum Gasteiger partial charge on any atom is -0.382 e. The van der Waals surface area contributed by atoms with E-state index in [0.717, 1.165) is 4.47 Å². The summed E-state index contributed by atoms with van der Waals surface area (Å²) in [6.45, 7) is 0. The van der Waals surface area contributed by atoms with E-state index in [-0.39, 0.29) is 0 Å². The Labute approximate surface area is 130 Å². The maximum Gasteiger partial charge on any atom is 0.0353 e. The Bertz CT molecular complexity index is 576. The summed E-state index contributed by atoms with van der Waals surface area (Å²) in [6, 6.07) is 17.6. The van der Waals surface area contributed by atoms with Crippen molar-refractivity contribution in [3.8, 4) is 0 Å². The van der Waals surface area contributed by atoms with Gasteiger partial charge < -0.3 is 5.32 Å². The van der Waals surface area contributed by atoms with Crippen molar-refractivity contribution in [3.63, 3.8) is 0 Å². The molecule has 1 N–H and O–H groups in total. The van der Waals surface area contributed by atoms with Crippen LogP contribution in [0.15, 0.2) is 57.5 Å². The van der Waals surface area contributed by atoms with Gasteiger partial charge in [-0.15, -0.1) is 0 Å². The van der Waals surface area contributed by atoms with Crippen LogP contribution in [0.1, 0.15) is 24.3 Å². The maximum absolute atomic E-state index is 3.59. The summed E-state index contributed by atoms with van der Waals surface area (Å²) in [7, 11) is 0. The van der Waals surface area contributed by atoms with Crippen molar-refractivity contribution in [2.75, 3.05) is 5.32 Å². The third-order valence-electron chi connectivity index (χ3n) is 3.65. The molecular weight excluding hydrogens is 366 g/mol. The summed E-state index contributed by atoms with van der Waals surface area (Å²) in [5, 5.41) is 3.59. The fourth-order valence-corrected chi connectivity index (χ4v) is 3.40. The first-order chi connectivity index (χ1) is 9.20. The van der Waals surface area contributed by atoms with Gasteiger partial charge in [0.05, 0.1) is 0 Å². The smallest absolute Gasteiger partial charge is 0.0353 e. The van der Waals surface area contributed by atoms with Gasteiger partial charge in [0.15, 0.2) is 0 Å². The van der Waals surface area contributed by atoms with E-state index in [0.29, 0.717) is 12.0 Å². The summed E-state index contributed by atoms with van der Waals surface area (Å²) in [5.41, 5.74) is 2.65. The molecule has 1 aliphatic rings. The van der Waals surface area contributed by atoms with E-state index in [1.165, 1.54) is 28.6 Å². The zero-order valence-corrected chi connectivity index (χ0v) is 13.6. The second-order valence-electron chi connectivity index (χ2n) is 5.07. The van der Waals surface area contributed by atoms with Crippen molar-refractivity contribution < 1.29 is 0 Å². The van der Waals surface area contributed by atoms with Crippen molar-refractivity contribution in [2.24, 2.45) is 0 Å². The van der Waals surface area contributed by atoms with Crippen molar-refractivity contribution in [1.29, 1.82) is 0 Å². The average Bonchev–Trinajstić information content (AvgIpc) is 2.33. The molecule has 3 heteroatoms. The van der Waals surface area contributed by atoms with Gasteiger partial charge in [-0.1, -0.05) is 50.1 Å². The van der Waals surface area contributed by atoms with E-state index in [4.69, 9.17) is 0 Å². The fraction of sp³-hybridized carbons (Fsp3) is 0.250. The van der Waals surface area contributed by atoms with Gasteiger partial charge in [-0.2, -0.15) is 0 Å². The highest BCUT2D eigenvalue weighted by Gasteiger charge is 2.30. The lowest BCUT2D eigenvalue weighted by Gasteiger charge is -2.37. The zero-order chi connectivity index (χ0) is 13.2. The molecule has 1 aliphatic carbocycles. The van der Waals surface area contributed by atoms with Crippen LogP contribution in [0.4, 0.5) is 5.69 Å². The molecule has 3 rings (SSSR count). The first kappa shape index (κ1) is 13.2. The molecule has 0 amide bonds. The number of hydrogen-bond donors (Lipinski definition) is 1. The van der Waals surface area contributed by atoms with Crippen molar-refractivity contribution in [1.82, 2.24) is 0 Å². The van der Waals surface area contributed by atoms with E-state index < -0.39 is 0 Å². The monoisotopic (exact) mass is 379 g/mol. The Morgan fingerprint density at radius 3 is 2.26 bits per heavy atom. The third kappa shape index (κ3) is 3.21. The Balaban J connectivity index is 1.58. The Hall–Kier alpha value is -0.800. The van der Waals surface area contributed by atoms with Crippen molar-refractivity contribution >= 4 is 37.5 Å². The molecular formula is C16H15Br2N.